The van der Waals surface area contributed by atoms with Crippen molar-refractivity contribution in [1.82, 2.24) is 5.32 Å². The number of nitrogens with zero attached hydrogens (tertiary/aromatic N) is 3. The number of hydrogen-bond acceptors (Lipinski definition) is 6. The van der Waals surface area contributed by atoms with Crippen LogP contribution in [0.1, 0.15) is 15.9 Å². The molecule has 2 aromatic carbocycles. The standard InChI is InChI=1S/C21H17N5O2/c1-15-6-8-17(9-7-15)28-11-10-25-21(27)18-4-2-3-5-19(18)26-20(14-24)16(12-22)13-23/h2-9,26H,10-11H2,1H3,(H,25,27). The first-order valence-electron chi connectivity index (χ1n) is 8.37. The lowest BCUT2D eigenvalue weighted by Gasteiger charge is -2.12. The molecule has 0 aromatic heterocycles. The van der Waals surface area contributed by atoms with E-state index in [-0.39, 0.29) is 29.3 Å². The summed E-state index contributed by atoms with van der Waals surface area (Å²) in [5.74, 6) is 0.342. The van der Waals surface area contributed by atoms with Gasteiger partial charge in [0.2, 0.25) is 0 Å². The van der Waals surface area contributed by atoms with Crippen LogP contribution in [-0.2, 0) is 0 Å². The van der Waals surface area contributed by atoms with E-state index in [9.17, 15) is 4.79 Å². The predicted octanol–water partition coefficient (Wildman–Crippen LogP) is 3.04. The number of allylic oxidation sites excluding steroid dienone is 2. The minimum atomic E-state index is -0.372. The molecule has 0 aliphatic heterocycles. The summed E-state index contributed by atoms with van der Waals surface area (Å²) in [6, 6.07) is 19.2. The minimum absolute atomic E-state index is 0.215. The number of para-hydroxylation sites is 1. The van der Waals surface area contributed by atoms with E-state index < -0.39 is 0 Å². The average Bonchev–Trinajstić information content (AvgIpc) is 2.72. The Hall–Kier alpha value is -4.28. The van der Waals surface area contributed by atoms with Crippen LogP contribution in [0.15, 0.2) is 59.8 Å². The summed E-state index contributed by atoms with van der Waals surface area (Å²) in [7, 11) is 0. The molecule has 0 heterocycles. The molecule has 0 bridgehead atoms. The molecule has 0 saturated heterocycles. The number of benzene rings is 2. The first-order valence-corrected chi connectivity index (χ1v) is 8.37. The molecule has 2 aromatic rings. The number of amides is 1. The summed E-state index contributed by atoms with van der Waals surface area (Å²) in [6.07, 6.45) is 0. The first kappa shape index (κ1) is 20.0. The Balaban J connectivity index is 2.01. The van der Waals surface area contributed by atoms with E-state index >= 15 is 0 Å². The number of carbonyl (C=O) groups is 1. The fourth-order valence-electron chi connectivity index (χ4n) is 2.27. The lowest BCUT2D eigenvalue weighted by molar-refractivity contribution is 0.0948. The summed E-state index contributed by atoms with van der Waals surface area (Å²) in [6.45, 7) is 2.56. The van der Waals surface area contributed by atoms with E-state index in [1.54, 1.807) is 42.5 Å². The number of nitriles is 3. The maximum absolute atomic E-state index is 12.5. The lowest BCUT2D eigenvalue weighted by atomic mass is 10.1. The topological polar surface area (TPSA) is 122 Å². The SMILES string of the molecule is Cc1ccc(OCCNC(=O)c2ccccc2NC(C#N)=C(C#N)C#N)cc1. The summed E-state index contributed by atoms with van der Waals surface area (Å²) < 4.78 is 5.57. The molecular weight excluding hydrogens is 354 g/mol. The van der Waals surface area contributed by atoms with Crippen molar-refractivity contribution in [2.45, 2.75) is 6.92 Å². The van der Waals surface area contributed by atoms with Gasteiger partial charge >= 0.3 is 0 Å². The molecule has 0 radical (unpaired) electrons. The van der Waals surface area contributed by atoms with Gasteiger partial charge in [-0.05, 0) is 31.2 Å². The van der Waals surface area contributed by atoms with Crippen molar-refractivity contribution in [2.24, 2.45) is 0 Å². The normalized spacial score (nSPS) is 9.21. The molecule has 0 atom stereocenters. The van der Waals surface area contributed by atoms with Gasteiger partial charge in [0.25, 0.3) is 5.91 Å². The number of nitrogens with one attached hydrogen (secondary N) is 2. The summed E-state index contributed by atoms with van der Waals surface area (Å²) in [4.78, 5) is 12.5. The monoisotopic (exact) mass is 371 g/mol. The van der Waals surface area contributed by atoms with Crippen molar-refractivity contribution in [3.8, 4) is 24.0 Å². The van der Waals surface area contributed by atoms with Gasteiger partial charge < -0.3 is 15.4 Å². The fraction of sp³-hybridized carbons (Fsp3) is 0.143. The number of anilines is 1. The second kappa shape index (κ2) is 10.0. The van der Waals surface area contributed by atoms with E-state index in [0.717, 1.165) is 5.56 Å². The van der Waals surface area contributed by atoms with Crippen LogP contribution in [0.2, 0.25) is 0 Å². The summed E-state index contributed by atoms with van der Waals surface area (Å²) in [5, 5.41) is 32.4. The Morgan fingerprint density at radius 3 is 2.32 bits per heavy atom. The zero-order chi connectivity index (χ0) is 20.4. The highest BCUT2D eigenvalue weighted by molar-refractivity contribution is 6.00. The Kier molecular flexibility index (Phi) is 7.16. The number of ether oxygens (including phenoxy) is 1. The molecule has 2 rings (SSSR count). The molecule has 2 N–H and O–H groups in total. The van der Waals surface area contributed by atoms with Crippen molar-refractivity contribution in [2.75, 3.05) is 18.5 Å². The third kappa shape index (κ3) is 5.36. The molecule has 138 valence electrons. The largest absolute Gasteiger partial charge is 0.492 e. The Morgan fingerprint density at radius 2 is 1.68 bits per heavy atom. The number of rotatable bonds is 7. The van der Waals surface area contributed by atoms with Crippen LogP contribution >= 0.6 is 0 Å². The molecule has 7 heteroatoms. The molecule has 0 unspecified atom stereocenters. The van der Waals surface area contributed by atoms with Crippen molar-refractivity contribution >= 4 is 11.6 Å². The highest BCUT2D eigenvalue weighted by atomic mass is 16.5. The van der Waals surface area contributed by atoms with E-state index in [2.05, 4.69) is 10.6 Å². The van der Waals surface area contributed by atoms with Crippen LogP contribution < -0.4 is 15.4 Å². The molecular formula is C21H17N5O2. The first-order chi connectivity index (χ1) is 13.6. The van der Waals surface area contributed by atoms with Crippen molar-refractivity contribution in [3.63, 3.8) is 0 Å². The second-order valence-corrected chi connectivity index (χ2v) is 5.67. The van der Waals surface area contributed by atoms with Crippen LogP contribution in [0, 0.1) is 40.9 Å². The third-order valence-corrected chi connectivity index (χ3v) is 3.69. The van der Waals surface area contributed by atoms with Crippen LogP contribution in [0.5, 0.6) is 5.75 Å². The van der Waals surface area contributed by atoms with Gasteiger partial charge in [0.05, 0.1) is 17.8 Å². The van der Waals surface area contributed by atoms with E-state index in [0.29, 0.717) is 18.0 Å². The molecule has 0 aliphatic carbocycles. The van der Waals surface area contributed by atoms with Gasteiger partial charge in [-0.2, -0.15) is 15.8 Å². The molecule has 0 aliphatic rings. The van der Waals surface area contributed by atoms with Gasteiger partial charge in [0, 0.05) is 0 Å². The predicted molar refractivity (Wildman–Crippen MR) is 103 cm³/mol. The molecule has 7 nitrogen and oxygen atoms in total. The van der Waals surface area contributed by atoms with Crippen LogP contribution in [0.3, 0.4) is 0 Å². The summed E-state index contributed by atoms with van der Waals surface area (Å²) >= 11 is 0. The minimum Gasteiger partial charge on any atom is -0.492 e. The average molecular weight is 371 g/mol. The van der Waals surface area contributed by atoms with E-state index in [1.165, 1.54) is 0 Å². The quantitative estimate of drug-likeness (QED) is 0.570. The second-order valence-electron chi connectivity index (χ2n) is 5.67. The molecule has 1 amide bonds. The highest BCUT2D eigenvalue weighted by Gasteiger charge is 2.13. The van der Waals surface area contributed by atoms with Crippen LogP contribution in [-0.4, -0.2) is 19.1 Å². The van der Waals surface area contributed by atoms with Crippen LogP contribution in [0.4, 0.5) is 5.69 Å². The van der Waals surface area contributed by atoms with Crippen molar-refractivity contribution < 1.29 is 9.53 Å². The lowest BCUT2D eigenvalue weighted by Crippen LogP contribution is -2.28. The molecule has 0 fully saturated rings. The van der Waals surface area contributed by atoms with Gasteiger partial charge in [0.1, 0.15) is 36.3 Å². The Morgan fingerprint density at radius 1 is 1.00 bits per heavy atom. The van der Waals surface area contributed by atoms with Crippen molar-refractivity contribution in [3.05, 3.63) is 70.9 Å². The van der Waals surface area contributed by atoms with Crippen LogP contribution in [0.25, 0.3) is 0 Å². The van der Waals surface area contributed by atoms with Gasteiger partial charge in [-0.25, -0.2) is 0 Å². The number of hydrogen-bond donors (Lipinski definition) is 2. The van der Waals surface area contributed by atoms with E-state index in [1.807, 2.05) is 31.2 Å². The maximum atomic E-state index is 12.5. The van der Waals surface area contributed by atoms with Gasteiger partial charge in [-0.15, -0.1) is 0 Å². The Bertz CT molecular complexity index is 989. The third-order valence-electron chi connectivity index (χ3n) is 3.69. The molecule has 28 heavy (non-hydrogen) atoms. The van der Waals surface area contributed by atoms with Gasteiger partial charge in [-0.1, -0.05) is 29.8 Å². The van der Waals surface area contributed by atoms with Gasteiger partial charge in [0.15, 0.2) is 5.57 Å². The van der Waals surface area contributed by atoms with Gasteiger partial charge in [-0.3, -0.25) is 4.79 Å². The molecule has 0 saturated carbocycles. The number of carbonyl (C=O) groups excluding carboxylic acids is 1. The zero-order valence-corrected chi connectivity index (χ0v) is 15.2. The van der Waals surface area contributed by atoms with E-state index in [4.69, 9.17) is 20.5 Å². The highest BCUT2D eigenvalue weighted by Crippen LogP contribution is 2.18. The zero-order valence-electron chi connectivity index (χ0n) is 15.2. The van der Waals surface area contributed by atoms with Crippen molar-refractivity contribution in [1.29, 1.82) is 15.8 Å². The number of aryl methyl sites for hydroxylation is 1. The summed E-state index contributed by atoms with van der Waals surface area (Å²) in [5.41, 5.74) is 1.16. The Labute approximate surface area is 163 Å². The fourth-order valence-corrected chi connectivity index (χ4v) is 2.27. The maximum Gasteiger partial charge on any atom is 0.253 e. The smallest absolute Gasteiger partial charge is 0.253 e. The molecule has 0 spiro atoms.